The lowest BCUT2D eigenvalue weighted by atomic mass is 9.98. The fourth-order valence-electron chi connectivity index (χ4n) is 3.38. The summed E-state index contributed by atoms with van der Waals surface area (Å²) in [6.07, 6.45) is -0.794. The number of halogens is 2. The summed E-state index contributed by atoms with van der Waals surface area (Å²) in [5.41, 5.74) is 4.27. The van der Waals surface area contributed by atoms with E-state index in [0.29, 0.717) is 0 Å². The number of carbonyl (C=O) groups is 1. The van der Waals surface area contributed by atoms with Crippen molar-refractivity contribution >= 4 is 23.4 Å². The standard InChI is InChI=1S/C21H15ClFNO3/c22-17-9-19(18(23)10-20(17)25)24-21(26)27-11-16-14-7-3-1-5-12(14)13-6-2-4-8-15(13)16/h1-10,16,25H,11H2,(H,24,26). The van der Waals surface area contributed by atoms with Gasteiger partial charge in [-0.2, -0.15) is 0 Å². The number of nitrogens with one attached hydrogen (secondary N) is 1. The van der Waals surface area contributed by atoms with Gasteiger partial charge >= 0.3 is 6.09 Å². The van der Waals surface area contributed by atoms with E-state index in [-0.39, 0.29) is 23.2 Å². The maximum atomic E-state index is 13.8. The van der Waals surface area contributed by atoms with Crippen molar-refractivity contribution in [2.24, 2.45) is 0 Å². The molecule has 0 unspecified atom stereocenters. The van der Waals surface area contributed by atoms with Crippen LogP contribution in [-0.4, -0.2) is 17.8 Å². The molecular weight excluding hydrogens is 369 g/mol. The number of benzene rings is 3. The number of fused-ring (bicyclic) bond motifs is 3. The lowest BCUT2D eigenvalue weighted by Gasteiger charge is -2.15. The summed E-state index contributed by atoms with van der Waals surface area (Å²) in [5.74, 6) is -1.28. The van der Waals surface area contributed by atoms with Crippen LogP contribution in [0.15, 0.2) is 60.7 Å². The number of anilines is 1. The van der Waals surface area contributed by atoms with E-state index < -0.39 is 17.7 Å². The average Bonchev–Trinajstić information content (AvgIpc) is 2.98. The zero-order valence-corrected chi connectivity index (χ0v) is 14.8. The summed E-state index contributed by atoms with van der Waals surface area (Å²) in [5, 5.41) is 11.6. The fraction of sp³-hybridized carbons (Fsp3) is 0.0952. The molecule has 0 fully saturated rings. The Hall–Kier alpha value is -3.05. The normalized spacial score (nSPS) is 12.4. The molecule has 0 saturated carbocycles. The molecule has 4 rings (SSSR count). The number of hydrogen-bond acceptors (Lipinski definition) is 3. The first kappa shape index (κ1) is 17.4. The molecule has 0 heterocycles. The minimum Gasteiger partial charge on any atom is -0.506 e. The van der Waals surface area contributed by atoms with Crippen LogP contribution in [0.1, 0.15) is 17.0 Å². The summed E-state index contributed by atoms with van der Waals surface area (Å²) in [4.78, 5) is 12.1. The Labute approximate surface area is 160 Å². The molecule has 6 heteroatoms. The number of aromatic hydroxyl groups is 1. The molecule has 3 aromatic carbocycles. The van der Waals surface area contributed by atoms with Crippen molar-refractivity contribution in [3.8, 4) is 16.9 Å². The largest absolute Gasteiger partial charge is 0.506 e. The number of ether oxygens (including phenoxy) is 1. The number of amides is 1. The third-order valence-corrected chi connectivity index (χ3v) is 4.92. The van der Waals surface area contributed by atoms with Gasteiger partial charge in [-0.3, -0.25) is 5.32 Å². The van der Waals surface area contributed by atoms with Crippen LogP contribution in [-0.2, 0) is 4.74 Å². The molecule has 0 aromatic heterocycles. The molecule has 2 N–H and O–H groups in total. The van der Waals surface area contributed by atoms with Gasteiger partial charge in [0, 0.05) is 12.0 Å². The molecule has 1 aliphatic carbocycles. The molecule has 0 radical (unpaired) electrons. The maximum absolute atomic E-state index is 13.8. The van der Waals surface area contributed by atoms with E-state index in [9.17, 15) is 14.3 Å². The van der Waals surface area contributed by atoms with Gasteiger partial charge < -0.3 is 9.84 Å². The number of hydrogen-bond donors (Lipinski definition) is 2. The molecule has 27 heavy (non-hydrogen) atoms. The second-order valence-electron chi connectivity index (χ2n) is 6.23. The molecule has 0 spiro atoms. The summed E-state index contributed by atoms with van der Waals surface area (Å²) in [7, 11) is 0. The van der Waals surface area contributed by atoms with E-state index in [0.717, 1.165) is 34.4 Å². The Morgan fingerprint density at radius 3 is 2.30 bits per heavy atom. The number of rotatable bonds is 3. The highest BCUT2D eigenvalue weighted by atomic mass is 35.5. The van der Waals surface area contributed by atoms with E-state index in [4.69, 9.17) is 16.3 Å². The van der Waals surface area contributed by atoms with Crippen molar-refractivity contribution < 1.29 is 19.0 Å². The summed E-state index contributed by atoms with van der Waals surface area (Å²) >= 11 is 5.75. The second kappa shape index (κ2) is 6.93. The van der Waals surface area contributed by atoms with Crippen LogP contribution < -0.4 is 5.32 Å². The Kier molecular flexibility index (Phi) is 4.46. The van der Waals surface area contributed by atoms with Gasteiger partial charge in [0.25, 0.3) is 0 Å². The van der Waals surface area contributed by atoms with Crippen LogP contribution >= 0.6 is 11.6 Å². The Morgan fingerprint density at radius 1 is 1.07 bits per heavy atom. The van der Waals surface area contributed by atoms with Gasteiger partial charge in [-0.15, -0.1) is 0 Å². The van der Waals surface area contributed by atoms with Gasteiger partial charge in [0.1, 0.15) is 12.4 Å². The highest BCUT2D eigenvalue weighted by Crippen LogP contribution is 2.44. The molecule has 1 aliphatic rings. The van der Waals surface area contributed by atoms with Gasteiger partial charge in [0.05, 0.1) is 10.7 Å². The first-order valence-corrected chi connectivity index (χ1v) is 8.72. The van der Waals surface area contributed by atoms with Crippen LogP contribution in [0.5, 0.6) is 5.75 Å². The van der Waals surface area contributed by atoms with E-state index in [1.165, 1.54) is 0 Å². The first-order chi connectivity index (χ1) is 13.0. The zero-order valence-electron chi connectivity index (χ0n) is 14.1. The van der Waals surface area contributed by atoms with Crippen molar-refractivity contribution in [2.45, 2.75) is 5.92 Å². The van der Waals surface area contributed by atoms with E-state index in [2.05, 4.69) is 5.32 Å². The molecule has 1 amide bonds. The summed E-state index contributed by atoms with van der Waals surface area (Å²) in [6.45, 7) is 0.118. The molecule has 0 atom stereocenters. The van der Waals surface area contributed by atoms with Crippen molar-refractivity contribution in [1.29, 1.82) is 0 Å². The van der Waals surface area contributed by atoms with Gasteiger partial charge in [0.2, 0.25) is 0 Å². The zero-order chi connectivity index (χ0) is 19.0. The van der Waals surface area contributed by atoms with E-state index >= 15 is 0 Å². The molecule has 0 bridgehead atoms. The molecule has 4 nitrogen and oxygen atoms in total. The van der Waals surface area contributed by atoms with Crippen LogP contribution in [0.3, 0.4) is 0 Å². The average molecular weight is 384 g/mol. The Balaban J connectivity index is 1.51. The van der Waals surface area contributed by atoms with Crippen molar-refractivity contribution in [1.82, 2.24) is 0 Å². The van der Waals surface area contributed by atoms with Crippen LogP contribution in [0.4, 0.5) is 14.9 Å². The highest BCUT2D eigenvalue weighted by molar-refractivity contribution is 6.32. The van der Waals surface area contributed by atoms with Crippen molar-refractivity contribution in [3.05, 3.63) is 82.6 Å². The molecule has 3 aromatic rings. The summed E-state index contributed by atoms with van der Waals surface area (Å²) < 4.78 is 19.2. The quantitative estimate of drug-likeness (QED) is 0.583. The smallest absolute Gasteiger partial charge is 0.411 e. The van der Waals surface area contributed by atoms with Gasteiger partial charge in [-0.05, 0) is 28.3 Å². The van der Waals surface area contributed by atoms with E-state index in [1.54, 1.807) is 0 Å². The predicted octanol–water partition coefficient (Wildman–Crippen LogP) is 5.55. The lowest BCUT2D eigenvalue weighted by Crippen LogP contribution is -2.18. The third kappa shape index (κ3) is 3.22. The minimum atomic E-state index is -0.801. The predicted molar refractivity (Wildman–Crippen MR) is 102 cm³/mol. The molecule has 0 aliphatic heterocycles. The molecule has 136 valence electrons. The Bertz CT molecular complexity index is 992. The minimum absolute atomic E-state index is 0.0645. The summed E-state index contributed by atoms with van der Waals surface area (Å²) in [6, 6.07) is 17.9. The first-order valence-electron chi connectivity index (χ1n) is 8.34. The highest BCUT2D eigenvalue weighted by Gasteiger charge is 2.29. The van der Waals surface area contributed by atoms with Gasteiger partial charge in [-0.25, -0.2) is 9.18 Å². The van der Waals surface area contributed by atoms with Gasteiger partial charge in [-0.1, -0.05) is 60.1 Å². The van der Waals surface area contributed by atoms with E-state index in [1.807, 2.05) is 48.5 Å². The SMILES string of the molecule is O=C(Nc1cc(Cl)c(O)cc1F)OCC1c2ccccc2-c2ccccc21. The van der Waals surface area contributed by atoms with Crippen LogP contribution in [0.2, 0.25) is 5.02 Å². The fourth-order valence-corrected chi connectivity index (χ4v) is 3.54. The van der Waals surface area contributed by atoms with Crippen LogP contribution in [0, 0.1) is 5.82 Å². The maximum Gasteiger partial charge on any atom is 0.411 e. The second-order valence-corrected chi connectivity index (χ2v) is 6.64. The molecule has 0 saturated heterocycles. The number of phenolic OH excluding ortho intramolecular Hbond substituents is 1. The van der Waals surface area contributed by atoms with Crippen LogP contribution in [0.25, 0.3) is 11.1 Å². The van der Waals surface area contributed by atoms with Crippen molar-refractivity contribution in [2.75, 3.05) is 11.9 Å². The number of carbonyl (C=O) groups excluding carboxylic acids is 1. The topological polar surface area (TPSA) is 58.6 Å². The number of phenols is 1. The Morgan fingerprint density at radius 2 is 1.67 bits per heavy atom. The lowest BCUT2D eigenvalue weighted by molar-refractivity contribution is 0.158. The van der Waals surface area contributed by atoms with Crippen molar-refractivity contribution in [3.63, 3.8) is 0 Å². The van der Waals surface area contributed by atoms with Gasteiger partial charge in [0.15, 0.2) is 5.82 Å². The monoisotopic (exact) mass is 383 g/mol. The molecular formula is C21H15ClFNO3. The third-order valence-electron chi connectivity index (χ3n) is 4.62.